The second-order valence-corrected chi connectivity index (χ2v) is 11.1. The molecular weight excluding hydrogens is 663 g/mol. The molecule has 0 amide bonds. The Bertz CT molecular complexity index is 2390. The number of aliphatic hydroxyl groups excluding tert-OH is 1. The normalized spacial score (nSPS) is 10.1. The maximum atomic E-state index is 12.2. The average Bonchev–Trinajstić information content (AvgIpc) is 3.74. The maximum absolute atomic E-state index is 12.2. The molecule has 0 bridgehead atoms. The van der Waals surface area contributed by atoms with Gasteiger partial charge < -0.3 is 19.4 Å². The van der Waals surface area contributed by atoms with Crippen LogP contribution in [0.1, 0.15) is 50.5 Å². The van der Waals surface area contributed by atoms with Gasteiger partial charge in [-0.15, -0.1) is 0 Å². The van der Waals surface area contributed by atoms with Crippen LogP contribution in [0.4, 0.5) is 0 Å². The molecule has 8 heteroatoms. The van der Waals surface area contributed by atoms with Gasteiger partial charge in [0.1, 0.15) is 22.3 Å². The number of hydrogen-bond acceptors (Lipinski definition) is 7. The predicted octanol–water partition coefficient (Wildman–Crippen LogP) is 7.60. The zero-order valence-corrected chi connectivity index (χ0v) is 31.2. The minimum Gasteiger partial charge on any atom is -0.870 e. The van der Waals surface area contributed by atoms with Crippen LogP contribution in [0, 0.1) is 0 Å². The van der Waals surface area contributed by atoms with E-state index >= 15 is 0 Å². The Morgan fingerprint density at radius 1 is 0.577 bits per heavy atom. The SMILES string of the molecule is CC(=O)c1ccccc1.CCO.O=C(/C=C/c1cccc2c1oc1ccccc12)c1ccccc1.O=Cc1cccc2c1oc1ccccc12.[Na+].[OH-]. The third kappa shape index (κ3) is 10.1. The molecule has 0 saturated heterocycles. The monoisotopic (exact) mass is 700 g/mol. The van der Waals surface area contributed by atoms with Crippen molar-refractivity contribution >= 4 is 67.8 Å². The summed E-state index contributed by atoms with van der Waals surface area (Å²) in [5.74, 6) is 0.106. The molecule has 0 atom stereocenters. The van der Waals surface area contributed by atoms with Crippen molar-refractivity contribution in [1.82, 2.24) is 0 Å². The fourth-order valence-electron chi connectivity index (χ4n) is 5.30. The van der Waals surface area contributed by atoms with Crippen molar-refractivity contribution in [3.63, 3.8) is 0 Å². The number of fused-ring (bicyclic) bond motifs is 6. The minimum atomic E-state index is -0.0151. The number of para-hydroxylation sites is 4. The first kappa shape index (κ1) is 41.0. The molecule has 8 aromatic rings. The standard InChI is InChI=1S/C21H14O2.C13H8O2.C8H8O.C2H6O.Na.H2O/c22-19(15-7-2-1-3-8-15)14-13-16-9-6-11-18-17-10-4-5-12-20(17)23-21(16)18;14-8-9-4-3-6-11-10-5-1-2-7-12(10)15-13(9)11;1-7(9)8-5-3-2-4-6-8;1-2-3;;/h1-14H;1-8H;2-6H,1H3;3H,2H2,1H3;;1H2/q;;;;+1;/p-1/b14-13+;;;;;. The third-order valence-electron chi connectivity index (χ3n) is 7.65. The molecule has 0 radical (unpaired) electrons. The Morgan fingerprint density at radius 2 is 0.981 bits per heavy atom. The van der Waals surface area contributed by atoms with E-state index < -0.39 is 0 Å². The van der Waals surface area contributed by atoms with Gasteiger partial charge in [-0.3, -0.25) is 14.4 Å². The minimum absolute atomic E-state index is 0. The number of furan rings is 2. The molecule has 0 aliphatic carbocycles. The molecule has 6 aromatic carbocycles. The summed E-state index contributed by atoms with van der Waals surface area (Å²) in [5.41, 5.74) is 6.13. The summed E-state index contributed by atoms with van der Waals surface area (Å²) < 4.78 is 11.6. The number of hydrogen-bond donors (Lipinski definition) is 1. The summed E-state index contributed by atoms with van der Waals surface area (Å²) in [7, 11) is 0. The van der Waals surface area contributed by atoms with Gasteiger partial charge in [0.2, 0.25) is 0 Å². The van der Waals surface area contributed by atoms with E-state index in [1.807, 2.05) is 146 Å². The second kappa shape index (κ2) is 20.4. The fraction of sp³-hybridized carbons (Fsp3) is 0.0682. The van der Waals surface area contributed by atoms with Gasteiger partial charge in [0.15, 0.2) is 17.9 Å². The van der Waals surface area contributed by atoms with Crippen LogP contribution in [0.3, 0.4) is 0 Å². The quantitative estimate of drug-likeness (QED) is 0.0848. The van der Waals surface area contributed by atoms with E-state index in [2.05, 4.69) is 0 Å². The Hall–Kier alpha value is -5.41. The molecule has 7 nitrogen and oxygen atoms in total. The van der Waals surface area contributed by atoms with Crippen molar-refractivity contribution in [2.24, 2.45) is 0 Å². The van der Waals surface area contributed by atoms with Crippen molar-refractivity contribution in [3.8, 4) is 0 Å². The number of aldehydes is 1. The van der Waals surface area contributed by atoms with E-state index in [9.17, 15) is 14.4 Å². The number of allylic oxidation sites excluding steroid dienone is 1. The van der Waals surface area contributed by atoms with Gasteiger partial charge in [-0.05, 0) is 44.2 Å². The summed E-state index contributed by atoms with van der Waals surface area (Å²) in [4.78, 5) is 33.7. The number of carbonyl (C=O) groups excluding carboxylic acids is 3. The average molecular weight is 701 g/mol. The maximum Gasteiger partial charge on any atom is 1.00 e. The zero-order valence-electron chi connectivity index (χ0n) is 29.2. The summed E-state index contributed by atoms with van der Waals surface area (Å²) >= 11 is 0. The summed E-state index contributed by atoms with van der Waals surface area (Å²) in [6, 6.07) is 45.8. The van der Waals surface area contributed by atoms with Crippen LogP contribution in [0.5, 0.6) is 0 Å². The molecule has 52 heavy (non-hydrogen) atoms. The van der Waals surface area contributed by atoms with E-state index in [0.717, 1.165) is 55.7 Å². The van der Waals surface area contributed by atoms with Crippen molar-refractivity contribution in [2.45, 2.75) is 13.8 Å². The van der Waals surface area contributed by atoms with Crippen LogP contribution in [-0.2, 0) is 0 Å². The van der Waals surface area contributed by atoms with Gasteiger partial charge in [0, 0.05) is 44.8 Å². The molecule has 2 heterocycles. The Morgan fingerprint density at radius 3 is 1.44 bits per heavy atom. The van der Waals surface area contributed by atoms with E-state index in [1.54, 1.807) is 26.0 Å². The van der Waals surface area contributed by atoms with Crippen molar-refractivity contribution in [3.05, 3.63) is 174 Å². The molecule has 8 rings (SSSR count). The van der Waals surface area contributed by atoms with E-state index in [1.165, 1.54) is 0 Å². The number of carbonyl (C=O) groups is 3. The Balaban J connectivity index is 0.000000217. The summed E-state index contributed by atoms with van der Waals surface area (Å²) in [6.45, 7) is 3.50. The molecule has 0 aliphatic heterocycles. The Labute approximate surface area is 323 Å². The van der Waals surface area contributed by atoms with Crippen LogP contribution in [0.15, 0.2) is 161 Å². The molecular formula is C44H37NaO7. The van der Waals surface area contributed by atoms with Crippen molar-refractivity contribution in [2.75, 3.05) is 6.61 Å². The van der Waals surface area contributed by atoms with Crippen LogP contribution < -0.4 is 29.6 Å². The third-order valence-corrected chi connectivity index (χ3v) is 7.65. The van der Waals surface area contributed by atoms with Crippen LogP contribution in [0.2, 0.25) is 0 Å². The van der Waals surface area contributed by atoms with Gasteiger partial charge in [-0.2, -0.15) is 0 Å². The fourth-order valence-corrected chi connectivity index (χ4v) is 5.30. The molecule has 0 saturated carbocycles. The topological polar surface area (TPSA) is 128 Å². The molecule has 0 unspecified atom stereocenters. The van der Waals surface area contributed by atoms with Crippen molar-refractivity contribution in [1.29, 1.82) is 0 Å². The van der Waals surface area contributed by atoms with Crippen LogP contribution in [-0.4, -0.2) is 35.0 Å². The van der Waals surface area contributed by atoms with Gasteiger partial charge in [-0.1, -0.05) is 127 Å². The van der Waals surface area contributed by atoms with Crippen molar-refractivity contribution < 1.29 is 63.4 Å². The second-order valence-electron chi connectivity index (χ2n) is 11.1. The summed E-state index contributed by atoms with van der Waals surface area (Å²) in [5, 5.41) is 11.8. The Kier molecular flexibility index (Phi) is 16.1. The van der Waals surface area contributed by atoms with Gasteiger partial charge in [-0.25, -0.2) is 0 Å². The van der Waals surface area contributed by atoms with Crippen LogP contribution >= 0.6 is 0 Å². The predicted molar refractivity (Wildman–Crippen MR) is 204 cm³/mol. The van der Waals surface area contributed by atoms with E-state index in [-0.39, 0.29) is 53.2 Å². The summed E-state index contributed by atoms with van der Waals surface area (Å²) in [6.07, 6.45) is 4.24. The number of ketones is 2. The van der Waals surface area contributed by atoms with E-state index in [4.69, 9.17) is 13.9 Å². The first-order valence-corrected chi connectivity index (χ1v) is 16.1. The number of rotatable bonds is 5. The number of benzene rings is 6. The number of aliphatic hydroxyl groups is 1. The zero-order chi connectivity index (χ0) is 35.3. The van der Waals surface area contributed by atoms with Gasteiger partial charge in [0.25, 0.3) is 0 Å². The van der Waals surface area contributed by atoms with Crippen LogP contribution in [0.25, 0.3) is 50.0 Å². The van der Waals surface area contributed by atoms with Gasteiger partial charge in [0.05, 0.1) is 5.56 Å². The largest absolute Gasteiger partial charge is 1.00 e. The van der Waals surface area contributed by atoms with E-state index in [0.29, 0.717) is 16.7 Å². The molecule has 0 spiro atoms. The van der Waals surface area contributed by atoms with Gasteiger partial charge >= 0.3 is 29.6 Å². The molecule has 256 valence electrons. The smallest absolute Gasteiger partial charge is 0.870 e. The first-order valence-electron chi connectivity index (χ1n) is 16.1. The molecule has 0 fully saturated rings. The first-order chi connectivity index (χ1) is 24.4. The molecule has 0 aliphatic rings. The molecule has 2 N–H and O–H groups in total. The molecule has 2 aromatic heterocycles. The number of Topliss-reactive ketones (excluding diaryl/α,β-unsaturated/α-hetero) is 1.